The van der Waals surface area contributed by atoms with E-state index in [-0.39, 0.29) is 0 Å². The van der Waals surface area contributed by atoms with Gasteiger partial charge in [-0.05, 0) is 29.5 Å². The lowest BCUT2D eigenvalue weighted by atomic mass is 9.85. The first-order valence-electron chi connectivity index (χ1n) is 9.04. The first kappa shape index (κ1) is 14.8. The zero-order chi connectivity index (χ0) is 16.6. The second-order valence-corrected chi connectivity index (χ2v) is 7.15. The quantitative estimate of drug-likeness (QED) is 0.722. The lowest BCUT2D eigenvalue weighted by molar-refractivity contribution is 0.200. The number of rotatable bonds is 4. The third-order valence-electron chi connectivity index (χ3n) is 5.25. The van der Waals surface area contributed by atoms with Gasteiger partial charge in [0, 0.05) is 24.9 Å². The van der Waals surface area contributed by atoms with Crippen molar-refractivity contribution < 1.29 is 4.52 Å². The summed E-state index contributed by atoms with van der Waals surface area (Å²) in [6.45, 7) is 2.63. The molecule has 1 unspecified atom stereocenters. The Balaban J connectivity index is 1.42. The van der Waals surface area contributed by atoms with Crippen LogP contribution in [0.5, 0.6) is 0 Å². The molecule has 1 aliphatic heterocycles. The van der Waals surface area contributed by atoms with E-state index in [0.29, 0.717) is 11.8 Å². The van der Waals surface area contributed by atoms with E-state index in [9.17, 15) is 0 Å². The van der Waals surface area contributed by atoms with Crippen molar-refractivity contribution in [1.82, 2.24) is 15.0 Å². The van der Waals surface area contributed by atoms with Crippen LogP contribution < -0.4 is 0 Å². The molecule has 0 spiro atoms. The Bertz CT molecular complexity index is 870. The minimum absolute atomic E-state index is 0.386. The summed E-state index contributed by atoms with van der Waals surface area (Å²) in [6, 6.07) is 19.5. The van der Waals surface area contributed by atoms with Gasteiger partial charge < -0.3 is 4.52 Å². The van der Waals surface area contributed by atoms with Gasteiger partial charge in [0.25, 0.3) is 0 Å². The second kappa shape index (κ2) is 6.12. The predicted octanol–water partition coefficient (Wildman–Crippen LogP) is 4.09. The molecular weight excluding hydrogens is 310 g/mol. The summed E-state index contributed by atoms with van der Waals surface area (Å²) in [6.07, 6.45) is 2.40. The number of aromatic nitrogens is 2. The molecule has 1 aromatic heterocycles. The summed E-state index contributed by atoms with van der Waals surface area (Å²) >= 11 is 0. The molecule has 126 valence electrons. The fourth-order valence-electron chi connectivity index (χ4n) is 3.80. The van der Waals surface area contributed by atoms with Crippen LogP contribution in [0.3, 0.4) is 0 Å². The van der Waals surface area contributed by atoms with Crippen molar-refractivity contribution in [3.05, 3.63) is 83.0 Å². The summed E-state index contributed by atoms with van der Waals surface area (Å²) in [5, 5.41) is 4.15. The SMILES string of the molecule is c1ccc(C2CN(Cc3nc(C4CC4)no3)Cc3ccccc32)cc1. The van der Waals surface area contributed by atoms with Crippen LogP contribution in [0.4, 0.5) is 0 Å². The van der Waals surface area contributed by atoms with Crippen LogP contribution in [0, 0.1) is 0 Å². The molecule has 2 aromatic carbocycles. The number of nitrogens with zero attached hydrogens (tertiary/aromatic N) is 3. The van der Waals surface area contributed by atoms with E-state index in [0.717, 1.165) is 31.3 Å². The van der Waals surface area contributed by atoms with Crippen LogP contribution >= 0.6 is 0 Å². The van der Waals surface area contributed by atoms with Crippen LogP contribution in [-0.4, -0.2) is 21.6 Å². The van der Waals surface area contributed by atoms with Gasteiger partial charge in [0.2, 0.25) is 5.89 Å². The summed E-state index contributed by atoms with van der Waals surface area (Å²) in [4.78, 5) is 7.02. The minimum Gasteiger partial charge on any atom is -0.338 e. The van der Waals surface area contributed by atoms with E-state index in [1.165, 1.54) is 29.5 Å². The summed E-state index contributed by atoms with van der Waals surface area (Å²) < 4.78 is 5.49. The molecule has 4 nitrogen and oxygen atoms in total. The number of benzene rings is 2. The van der Waals surface area contributed by atoms with Gasteiger partial charge >= 0.3 is 0 Å². The Labute approximate surface area is 147 Å². The largest absolute Gasteiger partial charge is 0.338 e. The Kier molecular flexibility index (Phi) is 3.63. The Morgan fingerprint density at radius 3 is 2.64 bits per heavy atom. The first-order chi connectivity index (χ1) is 12.4. The van der Waals surface area contributed by atoms with Gasteiger partial charge in [-0.15, -0.1) is 0 Å². The molecule has 0 N–H and O–H groups in total. The molecule has 1 aliphatic carbocycles. The predicted molar refractivity (Wildman–Crippen MR) is 95.1 cm³/mol. The monoisotopic (exact) mass is 331 g/mol. The van der Waals surface area contributed by atoms with Gasteiger partial charge in [-0.25, -0.2) is 0 Å². The highest BCUT2D eigenvalue weighted by Gasteiger charge is 2.30. The highest BCUT2D eigenvalue weighted by molar-refractivity contribution is 5.40. The van der Waals surface area contributed by atoms with E-state index in [1.54, 1.807) is 0 Å². The zero-order valence-corrected chi connectivity index (χ0v) is 14.1. The lowest BCUT2D eigenvalue weighted by Crippen LogP contribution is -2.33. The Morgan fingerprint density at radius 1 is 1.00 bits per heavy atom. The fraction of sp³-hybridized carbons (Fsp3) is 0.333. The Hall–Kier alpha value is -2.46. The fourth-order valence-corrected chi connectivity index (χ4v) is 3.80. The average Bonchev–Trinajstić information content (AvgIpc) is 3.41. The third-order valence-corrected chi connectivity index (χ3v) is 5.25. The van der Waals surface area contributed by atoms with Crippen LogP contribution in [-0.2, 0) is 13.1 Å². The Morgan fingerprint density at radius 2 is 1.80 bits per heavy atom. The highest BCUT2D eigenvalue weighted by atomic mass is 16.5. The molecule has 0 amide bonds. The second-order valence-electron chi connectivity index (χ2n) is 7.15. The molecule has 1 atom stereocenters. The topological polar surface area (TPSA) is 42.2 Å². The molecule has 25 heavy (non-hydrogen) atoms. The van der Waals surface area contributed by atoms with Crippen molar-refractivity contribution in [3.8, 4) is 0 Å². The van der Waals surface area contributed by atoms with Gasteiger partial charge in [-0.3, -0.25) is 4.90 Å². The smallest absolute Gasteiger partial charge is 0.240 e. The van der Waals surface area contributed by atoms with Crippen molar-refractivity contribution >= 4 is 0 Å². The molecule has 2 aliphatic rings. The summed E-state index contributed by atoms with van der Waals surface area (Å²) in [5.41, 5.74) is 4.20. The number of hydrogen-bond acceptors (Lipinski definition) is 4. The van der Waals surface area contributed by atoms with Crippen molar-refractivity contribution in [1.29, 1.82) is 0 Å². The van der Waals surface area contributed by atoms with Crippen molar-refractivity contribution in [3.63, 3.8) is 0 Å². The van der Waals surface area contributed by atoms with Gasteiger partial charge in [0.05, 0.1) is 6.54 Å². The molecule has 3 aromatic rings. The van der Waals surface area contributed by atoms with Gasteiger partial charge in [0.15, 0.2) is 5.82 Å². The van der Waals surface area contributed by atoms with E-state index in [4.69, 9.17) is 4.52 Å². The highest BCUT2D eigenvalue weighted by Crippen LogP contribution is 2.38. The maximum Gasteiger partial charge on any atom is 0.240 e. The van der Waals surface area contributed by atoms with Gasteiger partial charge in [-0.1, -0.05) is 59.8 Å². The van der Waals surface area contributed by atoms with Crippen LogP contribution in [0.2, 0.25) is 0 Å². The van der Waals surface area contributed by atoms with E-state index in [1.807, 2.05) is 0 Å². The van der Waals surface area contributed by atoms with Crippen LogP contribution in [0.15, 0.2) is 59.1 Å². The number of fused-ring (bicyclic) bond motifs is 1. The molecule has 4 heteroatoms. The molecule has 1 saturated carbocycles. The molecule has 2 heterocycles. The standard InChI is InChI=1S/C21H21N3O/c1-2-6-15(7-3-1)19-13-24(12-17-8-4-5-9-18(17)19)14-20-22-21(23-25-20)16-10-11-16/h1-9,16,19H,10-14H2. The average molecular weight is 331 g/mol. The minimum atomic E-state index is 0.386. The van der Waals surface area contributed by atoms with Crippen molar-refractivity contribution in [2.45, 2.75) is 37.8 Å². The number of hydrogen-bond donors (Lipinski definition) is 0. The molecule has 0 radical (unpaired) electrons. The molecule has 0 bridgehead atoms. The first-order valence-corrected chi connectivity index (χ1v) is 9.04. The molecule has 0 saturated heterocycles. The normalized spacial score (nSPS) is 20.4. The lowest BCUT2D eigenvalue weighted by Gasteiger charge is -2.34. The maximum atomic E-state index is 5.49. The van der Waals surface area contributed by atoms with Gasteiger partial charge in [0.1, 0.15) is 0 Å². The van der Waals surface area contributed by atoms with Crippen LogP contribution in [0.25, 0.3) is 0 Å². The third kappa shape index (κ3) is 2.98. The molecule has 5 rings (SSSR count). The van der Waals surface area contributed by atoms with E-state index in [2.05, 4.69) is 69.6 Å². The van der Waals surface area contributed by atoms with Crippen molar-refractivity contribution in [2.24, 2.45) is 0 Å². The van der Waals surface area contributed by atoms with E-state index < -0.39 is 0 Å². The van der Waals surface area contributed by atoms with Crippen molar-refractivity contribution in [2.75, 3.05) is 6.54 Å². The van der Waals surface area contributed by atoms with E-state index >= 15 is 0 Å². The summed E-state index contributed by atoms with van der Waals surface area (Å²) in [5.74, 6) is 2.56. The van der Waals surface area contributed by atoms with Crippen LogP contribution in [0.1, 0.15) is 53.1 Å². The molecular formula is C21H21N3O. The maximum absolute atomic E-state index is 5.49. The van der Waals surface area contributed by atoms with Gasteiger partial charge in [-0.2, -0.15) is 4.98 Å². The molecule has 1 fully saturated rings. The summed E-state index contributed by atoms with van der Waals surface area (Å²) in [7, 11) is 0. The zero-order valence-electron chi connectivity index (χ0n) is 14.1.